The summed E-state index contributed by atoms with van der Waals surface area (Å²) in [6.45, 7) is 0.922. The van der Waals surface area contributed by atoms with Gasteiger partial charge in [-0.05, 0) is 40.2 Å². The molecule has 1 aliphatic rings. The number of ether oxygens (including phenoxy) is 1. The maximum Gasteiger partial charge on any atom is 0.264 e. The fourth-order valence-electron chi connectivity index (χ4n) is 2.06. The molecule has 0 saturated carbocycles. The fraction of sp³-hybridized carbons (Fsp3) is 0.200. The number of sulfonamides is 1. The van der Waals surface area contributed by atoms with Crippen LogP contribution in [0.1, 0.15) is 0 Å². The lowest BCUT2D eigenvalue weighted by molar-refractivity contribution is 0.412. The topological polar surface area (TPSA) is 49.9 Å². The Morgan fingerprint density at radius 3 is 2.33 bits per heavy atom. The Morgan fingerprint density at radius 2 is 1.71 bits per heavy atom. The van der Waals surface area contributed by atoms with Crippen LogP contribution < -0.4 is 4.31 Å². The van der Waals surface area contributed by atoms with Gasteiger partial charge in [-0.15, -0.1) is 0 Å². The SMILES string of the molecule is O=S(=O)(c1ccccc1)N(CC1CO1)c1ccccc1Br. The molecule has 1 atom stereocenters. The first-order chi connectivity index (χ1) is 10.1. The number of hydrogen-bond donors (Lipinski definition) is 0. The minimum atomic E-state index is -3.61. The number of para-hydroxylation sites is 1. The zero-order chi connectivity index (χ0) is 14.9. The zero-order valence-corrected chi connectivity index (χ0v) is 13.5. The molecule has 0 bridgehead atoms. The van der Waals surface area contributed by atoms with E-state index in [0.717, 1.165) is 4.47 Å². The Morgan fingerprint density at radius 1 is 1.10 bits per heavy atom. The van der Waals surface area contributed by atoms with Crippen LogP contribution in [0.2, 0.25) is 0 Å². The first-order valence-corrected chi connectivity index (χ1v) is 8.76. The Kier molecular flexibility index (Phi) is 4.01. The average molecular weight is 368 g/mol. The summed E-state index contributed by atoms with van der Waals surface area (Å²) in [6, 6.07) is 15.7. The molecular formula is C15H14BrNO3S. The van der Waals surface area contributed by atoms with E-state index in [-0.39, 0.29) is 11.0 Å². The van der Waals surface area contributed by atoms with Crippen molar-refractivity contribution in [1.82, 2.24) is 0 Å². The van der Waals surface area contributed by atoms with Gasteiger partial charge in [0.25, 0.3) is 10.0 Å². The number of anilines is 1. The summed E-state index contributed by atoms with van der Waals surface area (Å²) in [4.78, 5) is 0.279. The molecule has 1 fully saturated rings. The van der Waals surface area contributed by atoms with E-state index in [2.05, 4.69) is 15.9 Å². The van der Waals surface area contributed by atoms with Gasteiger partial charge in [-0.25, -0.2) is 8.42 Å². The molecule has 110 valence electrons. The van der Waals surface area contributed by atoms with Crippen molar-refractivity contribution in [2.24, 2.45) is 0 Å². The maximum atomic E-state index is 12.9. The van der Waals surface area contributed by atoms with Gasteiger partial charge in [0, 0.05) is 4.47 Å². The van der Waals surface area contributed by atoms with E-state index in [1.807, 2.05) is 18.2 Å². The molecule has 2 aromatic carbocycles. The summed E-state index contributed by atoms with van der Waals surface area (Å²) in [6.07, 6.45) is -0.0319. The van der Waals surface area contributed by atoms with Crippen molar-refractivity contribution in [1.29, 1.82) is 0 Å². The van der Waals surface area contributed by atoms with Crippen LogP contribution in [0.4, 0.5) is 5.69 Å². The van der Waals surface area contributed by atoms with Crippen LogP contribution in [0.15, 0.2) is 64.0 Å². The summed E-state index contributed by atoms with van der Waals surface area (Å²) in [5, 5.41) is 0. The third-order valence-corrected chi connectivity index (χ3v) is 5.69. The molecule has 6 heteroatoms. The minimum Gasteiger partial charge on any atom is -0.371 e. The monoisotopic (exact) mass is 367 g/mol. The van der Waals surface area contributed by atoms with E-state index in [4.69, 9.17) is 4.74 Å². The molecule has 0 spiro atoms. The van der Waals surface area contributed by atoms with Crippen molar-refractivity contribution >= 4 is 31.6 Å². The Labute approximate surface area is 132 Å². The van der Waals surface area contributed by atoms with Gasteiger partial charge in [-0.2, -0.15) is 0 Å². The van der Waals surface area contributed by atoms with E-state index in [1.165, 1.54) is 4.31 Å². The predicted octanol–water partition coefficient (Wildman–Crippen LogP) is 3.04. The average Bonchev–Trinajstić information content (AvgIpc) is 3.31. The molecule has 4 nitrogen and oxygen atoms in total. The van der Waals surface area contributed by atoms with Crippen molar-refractivity contribution < 1.29 is 13.2 Å². The number of nitrogens with zero attached hydrogens (tertiary/aromatic N) is 1. The van der Waals surface area contributed by atoms with Crippen molar-refractivity contribution in [3.8, 4) is 0 Å². The maximum absolute atomic E-state index is 12.9. The Balaban J connectivity index is 2.05. The fourth-order valence-corrected chi connectivity index (χ4v) is 4.21. The quantitative estimate of drug-likeness (QED) is 0.763. The van der Waals surface area contributed by atoms with Crippen molar-refractivity contribution in [2.75, 3.05) is 17.5 Å². The first kappa shape index (κ1) is 14.6. The summed E-state index contributed by atoms with van der Waals surface area (Å²) >= 11 is 3.43. The van der Waals surface area contributed by atoms with Gasteiger partial charge in [-0.1, -0.05) is 30.3 Å². The molecule has 0 N–H and O–H groups in total. The van der Waals surface area contributed by atoms with Crippen LogP contribution in [0.5, 0.6) is 0 Å². The van der Waals surface area contributed by atoms with Crippen LogP contribution in [-0.4, -0.2) is 27.7 Å². The number of hydrogen-bond acceptors (Lipinski definition) is 3. The van der Waals surface area contributed by atoms with Crippen LogP contribution in [0, 0.1) is 0 Å². The number of epoxide rings is 1. The molecule has 21 heavy (non-hydrogen) atoms. The van der Waals surface area contributed by atoms with E-state index in [0.29, 0.717) is 18.8 Å². The lowest BCUT2D eigenvalue weighted by Crippen LogP contribution is -2.34. The minimum absolute atomic E-state index is 0.0319. The van der Waals surface area contributed by atoms with Crippen LogP contribution in [0.3, 0.4) is 0 Å². The van der Waals surface area contributed by atoms with Gasteiger partial charge in [0.1, 0.15) is 0 Å². The zero-order valence-electron chi connectivity index (χ0n) is 11.1. The third-order valence-electron chi connectivity index (χ3n) is 3.22. The number of halogens is 1. The molecule has 1 saturated heterocycles. The number of benzene rings is 2. The van der Waals surface area contributed by atoms with E-state index < -0.39 is 10.0 Å². The molecule has 1 heterocycles. The molecule has 0 radical (unpaired) electrons. The molecule has 1 aliphatic heterocycles. The Hall–Kier alpha value is -1.37. The summed E-state index contributed by atoms with van der Waals surface area (Å²) in [5.74, 6) is 0. The van der Waals surface area contributed by atoms with Gasteiger partial charge in [0.05, 0.1) is 29.8 Å². The molecule has 2 aromatic rings. The summed E-state index contributed by atoms with van der Waals surface area (Å²) < 4.78 is 33.2. The normalized spacial score (nSPS) is 17.5. The molecule has 0 amide bonds. The standard InChI is InChI=1S/C15H14BrNO3S/c16-14-8-4-5-9-15(14)17(10-12-11-20-12)21(18,19)13-6-2-1-3-7-13/h1-9,12H,10-11H2. The van der Waals surface area contributed by atoms with Gasteiger partial charge >= 0.3 is 0 Å². The molecule has 1 unspecified atom stereocenters. The molecule has 0 aromatic heterocycles. The van der Waals surface area contributed by atoms with E-state index >= 15 is 0 Å². The molecule has 0 aliphatic carbocycles. The van der Waals surface area contributed by atoms with Crippen LogP contribution in [-0.2, 0) is 14.8 Å². The van der Waals surface area contributed by atoms with Crippen LogP contribution >= 0.6 is 15.9 Å². The Bertz CT molecular complexity index is 730. The predicted molar refractivity (Wildman–Crippen MR) is 84.9 cm³/mol. The largest absolute Gasteiger partial charge is 0.371 e. The first-order valence-electron chi connectivity index (χ1n) is 6.53. The highest BCUT2D eigenvalue weighted by Gasteiger charge is 2.33. The summed E-state index contributed by atoms with van der Waals surface area (Å²) in [5.41, 5.74) is 0.622. The number of rotatable bonds is 5. The van der Waals surface area contributed by atoms with E-state index in [9.17, 15) is 8.42 Å². The lowest BCUT2D eigenvalue weighted by Gasteiger charge is -2.24. The van der Waals surface area contributed by atoms with Crippen molar-refractivity contribution in [2.45, 2.75) is 11.0 Å². The summed E-state index contributed by atoms with van der Waals surface area (Å²) in [7, 11) is -3.61. The van der Waals surface area contributed by atoms with E-state index in [1.54, 1.807) is 36.4 Å². The highest BCUT2D eigenvalue weighted by atomic mass is 79.9. The highest BCUT2D eigenvalue weighted by molar-refractivity contribution is 9.10. The smallest absolute Gasteiger partial charge is 0.264 e. The third kappa shape index (κ3) is 3.12. The van der Waals surface area contributed by atoms with Gasteiger partial charge in [-0.3, -0.25) is 4.31 Å². The van der Waals surface area contributed by atoms with Gasteiger partial charge in [0.2, 0.25) is 0 Å². The second-order valence-electron chi connectivity index (χ2n) is 4.76. The van der Waals surface area contributed by atoms with Crippen molar-refractivity contribution in [3.05, 3.63) is 59.1 Å². The second kappa shape index (κ2) is 5.79. The van der Waals surface area contributed by atoms with Crippen molar-refractivity contribution in [3.63, 3.8) is 0 Å². The lowest BCUT2D eigenvalue weighted by atomic mass is 10.3. The van der Waals surface area contributed by atoms with Gasteiger partial charge < -0.3 is 4.74 Å². The second-order valence-corrected chi connectivity index (χ2v) is 7.47. The molecular weight excluding hydrogens is 354 g/mol. The molecule has 3 rings (SSSR count). The van der Waals surface area contributed by atoms with Crippen LogP contribution in [0.25, 0.3) is 0 Å². The van der Waals surface area contributed by atoms with Gasteiger partial charge in [0.15, 0.2) is 0 Å². The highest BCUT2D eigenvalue weighted by Crippen LogP contribution is 2.32.